The van der Waals surface area contributed by atoms with Crippen LogP contribution in [-0.4, -0.2) is 11.9 Å². The van der Waals surface area contributed by atoms with Crippen LogP contribution in [0.25, 0.3) is 10.8 Å². The summed E-state index contributed by atoms with van der Waals surface area (Å²) in [6, 6.07) is 16.4. The summed E-state index contributed by atoms with van der Waals surface area (Å²) in [5, 5.41) is 8.04. The number of fused-ring (bicyclic) bond motifs is 1. The fourth-order valence-corrected chi connectivity index (χ4v) is 2.90. The first-order valence-corrected chi connectivity index (χ1v) is 8.45. The third-order valence-corrected chi connectivity index (χ3v) is 4.38. The molecule has 134 valence electrons. The maximum absolute atomic E-state index is 13.4. The topological polar surface area (TPSA) is 41.1 Å². The summed E-state index contributed by atoms with van der Waals surface area (Å²) in [6.45, 7) is 3.53. The van der Waals surface area contributed by atoms with Crippen molar-refractivity contribution in [2.75, 3.05) is 5.32 Å². The lowest BCUT2D eigenvalue weighted by Crippen LogP contribution is -2.39. The number of hydrogen-bond donors (Lipinski definition) is 2. The Bertz CT molecular complexity index is 937. The summed E-state index contributed by atoms with van der Waals surface area (Å²) in [5.74, 6) is -1.98. The van der Waals surface area contributed by atoms with Gasteiger partial charge in [-0.05, 0) is 43.0 Å². The molecule has 2 N–H and O–H groups in total. The molecule has 0 spiro atoms. The van der Waals surface area contributed by atoms with Crippen molar-refractivity contribution in [3.63, 3.8) is 0 Å². The zero-order valence-electron chi connectivity index (χ0n) is 14.6. The maximum Gasteiger partial charge on any atom is 0.241 e. The lowest BCUT2D eigenvalue weighted by molar-refractivity contribution is -0.117. The van der Waals surface area contributed by atoms with Crippen LogP contribution in [0.2, 0.25) is 0 Å². The first-order chi connectivity index (χ1) is 12.5. The van der Waals surface area contributed by atoms with Gasteiger partial charge in [0, 0.05) is 17.1 Å². The predicted octanol–water partition coefficient (Wildman–Crippen LogP) is 4.80. The molecule has 26 heavy (non-hydrogen) atoms. The van der Waals surface area contributed by atoms with E-state index in [4.69, 9.17) is 0 Å². The zero-order valence-corrected chi connectivity index (χ0v) is 14.6. The Balaban J connectivity index is 1.70. The molecule has 0 aliphatic carbocycles. The van der Waals surface area contributed by atoms with E-state index in [9.17, 15) is 13.6 Å². The van der Waals surface area contributed by atoms with Gasteiger partial charge in [0.25, 0.3) is 0 Å². The summed E-state index contributed by atoms with van der Waals surface area (Å²) in [5.41, 5.74) is 1.32. The van der Waals surface area contributed by atoms with Gasteiger partial charge >= 0.3 is 0 Å². The number of carbonyl (C=O) groups is 1. The largest absolute Gasteiger partial charge is 0.324 e. The quantitative estimate of drug-likeness (QED) is 0.691. The third-order valence-electron chi connectivity index (χ3n) is 4.38. The second-order valence-electron chi connectivity index (χ2n) is 6.30. The minimum Gasteiger partial charge on any atom is -0.324 e. The number of benzene rings is 3. The van der Waals surface area contributed by atoms with E-state index in [-0.39, 0.29) is 11.9 Å². The molecule has 0 aliphatic rings. The van der Waals surface area contributed by atoms with Gasteiger partial charge in [-0.2, -0.15) is 0 Å². The molecular weight excluding hydrogens is 334 g/mol. The van der Waals surface area contributed by atoms with Gasteiger partial charge in [0.15, 0.2) is 11.6 Å². The van der Waals surface area contributed by atoms with Crippen LogP contribution in [0.15, 0.2) is 60.7 Å². The standard InChI is InChI=1S/C21H20F2N2O/c1-13(16-10-11-18(22)19(23)12-16)24-14(2)21(26)25-20-9-5-7-15-6-3-4-8-17(15)20/h3-14,24H,1-2H3,(H,25,26)/t13-,14+/m0/s1. The number of hydrogen-bond acceptors (Lipinski definition) is 2. The molecule has 0 bridgehead atoms. The average molecular weight is 354 g/mol. The molecule has 2 atom stereocenters. The van der Waals surface area contributed by atoms with Gasteiger partial charge in [0.05, 0.1) is 6.04 Å². The van der Waals surface area contributed by atoms with Gasteiger partial charge in [-0.25, -0.2) is 8.78 Å². The Hall–Kier alpha value is -2.79. The zero-order chi connectivity index (χ0) is 18.7. The van der Waals surface area contributed by atoms with Crippen LogP contribution in [0.1, 0.15) is 25.5 Å². The molecule has 0 aliphatic heterocycles. The van der Waals surface area contributed by atoms with Crippen LogP contribution in [0.5, 0.6) is 0 Å². The van der Waals surface area contributed by atoms with Crippen LogP contribution in [0, 0.1) is 11.6 Å². The minimum atomic E-state index is -0.899. The monoisotopic (exact) mass is 354 g/mol. The van der Waals surface area contributed by atoms with Gasteiger partial charge in [0.1, 0.15) is 0 Å². The predicted molar refractivity (Wildman–Crippen MR) is 99.9 cm³/mol. The Morgan fingerprint density at radius 1 is 0.923 bits per heavy atom. The Morgan fingerprint density at radius 2 is 1.65 bits per heavy atom. The molecule has 0 saturated heterocycles. The Kier molecular flexibility index (Phi) is 5.28. The summed E-state index contributed by atoms with van der Waals surface area (Å²) >= 11 is 0. The summed E-state index contributed by atoms with van der Waals surface area (Å²) in [6.07, 6.45) is 0. The summed E-state index contributed by atoms with van der Waals surface area (Å²) in [7, 11) is 0. The van der Waals surface area contributed by atoms with Crippen LogP contribution < -0.4 is 10.6 Å². The summed E-state index contributed by atoms with van der Waals surface area (Å²) < 4.78 is 26.5. The number of amides is 1. The fourth-order valence-electron chi connectivity index (χ4n) is 2.90. The summed E-state index contributed by atoms with van der Waals surface area (Å²) in [4.78, 5) is 12.5. The van der Waals surface area contributed by atoms with Crippen LogP contribution in [-0.2, 0) is 4.79 Å². The lowest BCUT2D eigenvalue weighted by Gasteiger charge is -2.20. The number of anilines is 1. The van der Waals surface area contributed by atoms with Crippen molar-refractivity contribution in [3.8, 4) is 0 Å². The smallest absolute Gasteiger partial charge is 0.241 e. The molecule has 0 saturated carbocycles. The molecule has 0 aromatic heterocycles. The van der Waals surface area contributed by atoms with E-state index in [1.807, 2.05) is 42.5 Å². The van der Waals surface area contributed by atoms with Crippen LogP contribution in [0.3, 0.4) is 0 Å². The van der Waals surface area contributed by atoms with Gasteiger partial charge in [-0.3, -0.25) is 10.1 Å². The third kappa shape index (κ3) is 3.89. The molecule has 0 fully saturated rings. The van der Waals surface area contributed by atoms with E-state index < -0.39 is 17.7 Å². The van der Waals surface area contributed by atoms with E-state index >= 15 is 0 Å². The molecule has 5 heteroatoms. The molecule has 1 amide bonds. The van der Waals surface area contributed by atoms with Crippen molar-refractivity contribution in [2.45, 2.75) is 25.9 Å². The van der Waals surface area contributed by atoms with Crippen LogP contribution >= 0.6 is 0 Å². The molecular formula is C21H20F2N2O. The van der Waals surface area contributed by atoms with Crippen molar-refractivity contribution < 1.29 is 13.6 Å². The minimum absolute atomic E-state index is 0.198. The van der Waals surface area contributed by atoms with E-state index in [0.717, 1.165) is 28.6 Å². The van der Waals surface area contributed by atoms with E-state index in [2.05, 4.69) is 10.6 Å². The lowest BCUT2D eigenvalue weighted by atomic mass is 10.1. The molecule has 3 aromatic rings. The normalized spacial score (nSPS) is 13.4. The van der Waals surface area contributed by atoms with Crippen LogP contribution in [0.4, 0.5) is 14.5 Å². The highest BCUT2D eigenvalue weighted by Gasteiger charge is 2.18. The van der Waals surface area contributed by atoms with E-state index in [1.54, 1.807) is 13.8 Å². The van der Waals surface area contributed by atoms with Crippen molar-refractivity contribution in [3.05, 3.63) is 77.9 Å². The van der Waals surface area contributed by atoms with Gasteiger partial charge < -0.3 is 5.32 Å². The van der Waals surface area contributed by atoms with Crippen molar-refractivity contribution >= 4 is 22.4 Å². The van der Waals surface area contributed by atoms with E-state index in [0.29, 0.717) is 5.56 Å². The molecule has 3 nitrogen and oxygen atoms in total. The van der Waals surface area contributed by atoms with Crippen molar-refractivity contribution in [2.24, 2.45) is 0 Å². The average Bonchev–Trinajstić information content (AvgIpc) is 2.64. The number of carbonyl (C=O) groups excluding carboxylic acids is 1. The number of rotatable bonds is 5. The molecule has 0 unspecified atom stereocenters. The van der Waals surface area contributed by atoms with Gasteiger partial charge in [-0.15, -0.1) is 0 Å². The molecule has 3 aromatic carbocycles. The maximum atomic E-state index is 13.4. The first-order valence-electron chi connectivity index (χ1n) is 8.45. The van der Waals surface area contributed by atoms with E-state index in [1.165, 1.54) is 6.07 Å². The molecule has 3 rings (SSSR count). The molecule has 0 heterocycles. The second kappa shape index (κ2) is 7.62. The Morgan fingerprint density at radius 3 is 2.42 bits per heavy atom. The second-order valence-corrected chi connectivity index (χ2v) is 6.30. The van der Waals surface area contributed by atoms with Crippen molar-refractivity contribution in [1.29, 1.82) is 0 Å². The molecule has 0 radical (unpaired) electrons. The highest BCUT2D eigenvalue weighted by atomic mass is 19.2. The fraction of sp³-hybridized carbons (Fsp3) is 0.190. The van der Waals surface area contributed by atoms with Gasteiger partial charge in [0.2, 0.25) is 5.91 Å². The SMILES string of the molecule is C[C@H](N[C@H](C)C(=O)Nc1cccc2ccccc12)c1ccc(F)c(F)c1. The highest BCUT2D eigenvalue weighted by Crippen LogP contribution is 2.23. The Labute approximate surface area is 151 Å². The first kappa shape index (κ1) is 18.0. The number of nitrogens with one attached hydrogen (secondary N) is 2. The van der Waals surface area contributed by atoms with Gasteiger partial charge in [-0.1, -0.05) is 42.5 Å². The van der Waals surface area contributed by atoms with Crippen molar-refractivity contribution in [1.82, 2.24) is 5.32 Å². The highest BCUT2D eigenvalue weighted by molar-refractivity contribution is 6.03. The number of halogens is 2.